The number of nitrogens with zero attached hydrogens (tertiary/aromatic N) is 2. The molecule has 0 aliphatic heterocycles. The number of aromatic nitrogens is 1. The van der Waals surface area contributed by atoms with E-state index < -0.39 is 0 Å². The zero-order valence-corrected chi connectivity index (χ0v) is 12.8. The van der Waals surface area contributed by atoms with E-state index in [2.05, 4.69) is 27.7 Å². The normalized spacial score (nSPS) is 11.9. The van der Waals surface area contributed by atoms with Crippen molar-refractivity contribution >= 4 is 5.91 Å². The van der Waals surface area contributed by atoms with Gasteiger partial charge in [0.1, 0.15) is 5.69 Å². The first-order valence-electron chi connectivity index (χ1n) is 6.98. The van der Waals surface area contributed by atoms with E-state index in [1.165, 1.54) is 0 Å². The van der Waals surface area contributed by atoms with Crippen molar-refractivity contribution in [2.24, 2.45) is 11.1 Å². The predicted octanol–water partition coefficient (Wildman–Crippen LogP) is 2.52. The molecular weight excluding hydrogens is 238 g/mol. The van der Waals surface area contributed by atoms with Gasteiger partial charge in [-0.3, -0.25) is 4.79 Å². The zero-order chi connectivity index (χ0) is 14.6. The Morgan fingerprint density at radius 1 is 1.47 bits per heavy atom. The highest BCUT2D eigenvalue weighted by molar-refractivity contribution is 5.92. The fourth-order valence-electron chi connectivity index (χ4n) is 2.10. The number of nitrogens with two attached hydrogens (primary N) is 1. The lowest BCUT2D eigenvalue weighted by Gasteiger charge is -2.31. The minimum absolute atomic E-state index is 0.0546. The predicted molar refractivity (Wildman–Crippen MR) is 79.2 cm³/mol. The van der Waals surface area contributed by atoms with Crippen LogP contribution in [0.3, 0.4) is 0 Å². The Morgan fingerprint density at radius 2 is 2.11 bits per heavy atom. The average molecular weight is 265 g/mol. The Morgan fingerprint density at radius 3 is 2.58 bits per heavy atom. The molecule has 4 nitrogen and oxygen atoms in total. The largest absolute Gasteiger partial charge is 0.341 e. The summed E-state index contributed by atoms with van der Waals surface area (Å²) < 4.78 is 2.01. The highest BCUT2D eigenvalue weighted by Crippen LogP contribution is 2.18. The molecule has 4 heteroatoms. The maximum absolute atomic E-state index is 12.6. The molecule has 108 valence electrons. The standard InChI is InChI=1S/C15H27N3O/c1-6-17(11-15(4,5)10-16)14(19)13-8-7-9-18(13)12(2)3/h7-9,12H,6,10-11,16H2,1-5H3. The highest BCUT2D eigenvalue weighted by Gasteiger charge is 2.25. The van der Waals surface area contributed by atoms with Crippen molar-refractivity contribution in [3.05, 3.63) is 24.0 Å². The number of rotatable bonds is 6. The van der Waals surface area contributed by atoms with Gasteiger partial charge in [0.15, 0.2) is 0 Å². The van der Waals surface area contributed by atoms with Crippen LogP contribution in [0, 0.1) is 5.41 Å². The van der Waals surface area contributed by atoms with Crippen LogP contribution in [0.2, 0.25) is 0 Å². The summed E-state index contributed by atoms with van der Waals surface area (Å²) in [5.41, 5.74) is 6.46. The number of hydrogen-bond donors (Lipinski definition) is 1. The topological polar surface area (TPSA) is 51.3 Å². The molecule has 1 amide bonds. The number of amides is 1. The van der Waals surface area contributed by atoms with E-state index in [1.54, 1.807) is 0 Å². The second-order valence-corrected chi connectivity index (χ2v) is 6.08. The van der Waals surface area contributed by atoms with E-state index in [-0.39, 0.29) is 17.4 Å². The smallest absolute Gasteiger partial charge is 0.270 e. The third-order valence-corrected chi connectivity index (χ3v) is 3.39. The minimum Gasteiger partial charge on any atom is -0.341 e. The average Bonchev–Trinajstić information content (AvgIpc) is 2.84. The summed E-state index contributed by atoms with van der Waals surface area (Å²) in [7, 11) is 0. The number of hydrogen-bond acceptors (Lipinski definition) is 2. The molecule has 0 fully saturated rings. The van der Waals surface area contributed by atoms with Gasteiger partial charge in [-0.2, -0.15) is 0 Å². The molecule has 1 aromatic rings. The van der Waals surface area contributed by atoms with E-state index in [9.17, 15) is 4.79 Å². The van der Waals surface area contributed by atoms with Crippen LogP contribution in [-0.4, -0.2) is 35.0 Å². The SMILES string of the molecule is CCN(CC(C)(C)CN)C(=O)c1cccn1C(C)C. The summed E-state index contributed by atoms with van der Waals surface area (Å²) in [6.07, 6.45) is 1.96. The molecule has 0 aliphatic rings. The molecule has 19 heavy (non-hydrogen) atoms. The quantitative estimate of drug-likeness (QED) is 0.859. The Balaban J connectivity index is 2.93. The molecule has 0 aromatic carbocycles. The van der Waals surface area contributed by atoms with E-state index in [0.717, 1.165) is 5.69 Å². The van der Waals surface area contributed by atoms with E-state index in [1.807, 2.05) is 34.7 Å². The summed E-state index contributed by atoms with van der Waals surface area (Å²) in [4.78, 5) is 14.5. The van der Waals surface area contributed by atoms with Crippen molar-refractivity contribution < 1.29 is 4.79 Å². The lowest BCUT2D eigenvalue weighted by atomic mass is 9.93. The van der Waals surface area contributed by atoms with Crippen molar-refractivity contribution in [1.29, 1.82) is 0 Å². The second kappa shape index (κ2) is 6.24. The van der Waals surface area contributed by atoms with Gasteiger partial charge < -0.3 is 15.2 Å². The second-order valence-electron chi connectivity index (χ2n) is 6.08. The van der Waals surface area contributed by atoms with Crippen molar-refractivity contribution in [3.63, 3.8) is 0 Å². The highest BCUT2D eigenvalue weighted by atomic mass is 16.2. The minimum atomic E-state index is -0.0546. The number of carbonyl (C=O) groups is 1. The van der Waals surface area contributed by atoms with E-state index in [0.29, 0.717) is 19.6 Å². The third kappa shape index (κ3) is 3.83. The van der Waals surface area contributed by atoms with Gasteiger partial charge in [0, 0.05) is 25.3 Å². The van der Waals surface area contributed by atoms with Gasteiger partial charge in [-0.05, 0) is 44.9 Å². The molecule has 0 radical (unpaired) electrons. The summed E-state index contributed by atoms with van der Waals surface area (Å²) in [6.45, 7) is 12.3. The van der Waals surface area contributed by atoms with Gasteiger partial charge in [0.2, 0.25) is 0 Å². The van der Waals surface area contributed by atoms with Gasteiger partial charge in [-0.25, -0.2) is 0 Å². The molecular formula is C15H27N3O. The fourth-order valence-corrected chi connectivity index (χ4v) is 2.10. The van der Waals surface area contributed by atoms with Crippen LogP contribution < -0.4 is 5.73 Å². The van der Waals surface area contributed by atoms with Crippen LogP contribution >= 0.6 is 0 Å². The molecule has 0 bridgehead atoms. The number of carbonyl (C=O) groups excluding carboxylic acids is 1. The van der Waals surface area contributed by atoms with Crippen LogP contribution in [0.5, 0.6) is 0 Å². The van der Waals surface area contributed by atoms with E-state index >= 15 is 0 Å². The van der Waals surface area contributed by atoms with Gasteiger partial charge in [-0.15, -0.1) is 0 Å². The van der Waals surface area contributed by atoms with E-state index in [4.69, 9.17) is 5.73 Å². The van der Waals surface area contributed by atoms with Crippen molar-refractivity contribution in [2.45, 2.75) is 40.7 Å². The van der Waals surface area contributed by atoms with Gasteiger partial charge in [0.25, 0.3) is 5.91 Å². The molecule has 0 unspecified atom stereocenters. The monoisotopic (exact) mass is 265 g/mol. The molecule has 1 aromatic heterocycles. The Labute approximate surface area is 116 Å². The molecule has 1 rings (SSSR count). The van der Waals surface area contributed by atoms with Crippen LogP contribution in [0.25, 0.3) is 0 Å². The third-order valence-electron chi connectivity index (χ3n) is 3.39. The maximum Gasteiger partial charge on any atom is 0.270 e. The molecule has 0 spiro atoms. The van der Waals surface area contributed by atoms with Crippen molar-refractivity contribution in [3.8, 4) is 0 Å². The molecule has 0 aliphatic carbocycles. The van der Waals surface area contributed by atoms with Crippen molar-refractivity contribution in [2.75, 3.05) is 19.6 Å². The molecule has 0 saturated heterocycles. The summed E-state index contributed by atoms with van der Waals surface area (Å²) in [5, 5.41) is 0. The first kappa shape index (κ1) is 15.8. The van der Waals surface area contributed by atoms with Gasteiger partial charge in [-0.1, -0.05) is 13.8 Å². The van der Waals surface area contributed by atoms with Gasteiger partial charge >= 0.3 is 0 Å². The van der Waals surface area contributed by atoms with Crippen LogP contribution in [-0.2, 0) is 0 Å². The fraction of sp³-hybridized carbons (Fsp3) is 0.667. The Hall–Kier alpha value is -1.29. The maximum atomic E-state index is 12.6. The Bertz CT molecular complexity index is 421. The summed E-state index contributed by atoms with van der Waals surface area (Å²) in [5.74, 6) is 0.0859. The lowest BCUT2D eigenvalue weighted by molar-refractivity contribution is 0.0688. The first-order valence-corrected chi connectivity index (χ1v) is 6.98. The first-order chi connectivity index (χ1) is 8.82. The summed E-state index contributed by atoms with van der Waals surface area (Å²) >= 11 is 0. The molecule has 1 heterocycles. The van der Waals surface area contributed by atoms with Crippen LogP contribution in [0.15, 0.2) is 18.3 Å². The molecule has 0 saturated carbocycles. The van der Waals surface area contributed by atoms with Crippen LogP contribution in [0.4, 0.5) is 0 Å². The molecule has 0 atom stereocenters. The van der Waals surface area contributed by atoms with Crippen LogP contribution in [0.1, 0.15) is 51.1 Å². The lowest BCUT2D eigenvalue weighted by Crippen LogP contribution is -2.42. The molecule has 2 N–H and O–H groups in total. The van der Waals surface area contributed by atoms with Crippen molar-refractivity contribution in [1.82, 2.24) is 9.47 Å². The van der Waals surface area contributed by atoms with Gasteiger partial charge in [0.05, 0.1) is 0 Å². The Kier molecular flexibility index (Phi) is 5.18. The zero-order valence-electron chi connectivity index (χ0n) is 12.8. The summed E-state index contributed by atoms with van der Waals surface area (Å²) in [6, 6.07) is 4.10.